The van der Waals surface area contributed by atoms with Crippen molar-refractivity contribution in [3.8, 4) is 0 Å². The van der Waals surface area contributed by atoms with Crippen molar-refractivity contribution < 1.29 is 4.79 Å². The molecule has 1 aliphatic heterocycles. The normalized spacial score (nSPS) is 21.7. The summed E-state index contributed by atoms with van der Waals surface area (Å²) >= 11 is 0. The van der Waals surface area contributed by atoms with E-state index >= 15 is 0 Å². The molecule has 0 saturated carbocycles. The Hall–Kier alpha value is -2.29. The highest BCUT2D eigenvalue weighted by molar-refractivity contribution is 5.94. The van der Waals surface area contributed by atoms with Crippen LogP contribution in [0.15, 0.2) is 60.7 Å². The van der Waals surface area contributed by atoms with Gasteiger partial charge in [0.1, 0.15) is 0 Å². The largest absolute Gasteiger partial charge is 0.363 e. The molecule has 1 saturated heterocycles. The molecule has 3 rings (SSSR count). The number of rotatable bonds is 2. The molecular weight excluding hydrogens is 272 g/mol. The standard InChI is InChI=1S/C19H22N2O/c1-15-13-20(19(22)17-9-5-3-6-10-17)14-16(2)21(15)18-11-7-4-8-12-18/h3-12,15-16H,13-14H2,1-2H3. The van der Waals surface area contributed by atoms with E-state index in [0.29, 0.717) is 12.1 Å². The van der Waals surface area contributed by atoms with Gasteiger partial charge in [0.25, 0.3) is 5.91 Å². The Balaban J connectivity index is 1.77. The number of anilines is 1. The van der Waals surface area contributed by atoms with Crippen molar-refractivity contribution in [2.75, 3.05) is 18.0 Å². The molecule has 0 radical (unpaired) electrons. The van der Waals surface area contributed by atoms with Gasteiger partial charge < -0.3 is 9.80 Å². The van der Waals surface area contributed by atoms with Crippen LogP contribution >= 0.6 is 0 Å². The lowest BCUT2D eigenvalue weighted by atomic mass is 10.0. The fraction of sp³-hybridized carbons (Fsp3) is 0.316. The van der Waals surface area contributed by atoms with E-state index in [1.165, 1.54) is 5.69 Å². The van der Waals surface area contributed by atoms with Crippen LogP contribution in [0.4, 0.5) is 5.69 Å². The number of hydrogen-bond acceptors (Lipinski definition) is 2. The molecule has 114 valence electrons. The van der Waals surface area contributed by atoms with Gasteiger partial charge in [-0.2, -0.15) is 0 Å². The second-order valence-corrected chi connectivity index (χ2v) is 6.02. The van der Waals surface area contributed by atoms with Crippen LogP contribution in [-0.4, -0.2) is 36.0 Å². The fourth-order valence-electron chi connectivity index (χ4n) is 3.36. The van der Waals surface area contributed by atoms with Crippen LogP contribution in [0.2, 0.25) is 0 Å². The van der Waals surface area contributed by atoms with Crippen molar-refractivity contribution in [2.24, 2.45) is 0 Å². The van der Waals surface area contributed by atoms with Crippen LogP contribution in [0.25, 0.3) is 0 Å². The first kappa shape index (κ1) is 14.6. The minimum absolute atomic E-state index is 0.131. The number of carbonyl (C=O) groups excluding carboxylic acids is 1. The van der Waals surface area contributed by atoms with Crippen LogP contribution in [0.5, 0.6) is 0 Å². The van der Waals surface area contributed by atoms with Gasteiger partial charge in [-0.3, -0.25) is 4.79 Å². The summed E-state index contributed by atoms with van der Waals surface area (Å²) in [6, 6.07) is 20.6. The quantitative estimate of drug-likeness (QED) is 0.847. The van der Waals surface area contributed by atoms with E-state index in [-0.39, 0.29) is 5.91 Å². The van der Waals surface area contributed by atoms with Crippen LogP contribution < -0.4 is 4.90 Å². The third-order valence-electron chi connectivity index (χ3n) is 4.28. The van der Waals surface area contributed by atoms with Crippen LogP contribution in [0.1, 0.15) is 24.2 Å². The molecule has 2 unspecified atom stereocenters. The Morgan fingerprint density at radius 1 is 0.864 bits per heavy atom. The number of hydrogen-bond donors (Lipinski definition) is 0. The average molecular weight is 294 g/mol. The van der Waals surface area contributed by atoms with Gasteiger partial charge in [-0.1, -0.05) is 36.4 Å². The number of nitrogens with zero attached hydrogens (tertiary/aromatic N) is 2. The summed E-state index contributed by atoms with van der Waals surface area (Å²) in [5.41, 5.74) is 2.00. The molecule has 3 nitrogen and oxygen atoms in total. The van der Waals surface area contributed by atoms with E-state index in [2.05, 4.69) is 43.0 Å². The molecule has 0 aliphatic carbocycles. The second kappa shape index (κ2) is 6.22. The third-order valence-corrected chi connectivity index (χ3v) is 4.28. The maximum atomic E-state index is 12.6. The molecule has 0 spiro atoms. The molecule has 3 heteroatoms. The van der Waals surface area contributed by atoms with Gasteiger partial charge in [-0.05, 0) is 38.1 Å². The minimum Gasteiger partial charge on any atom is -0.363 e. The van der Waals surface area contributed by atoms with Crippen LogP contribution in [-0.2, 0) is 0 Å². The molecule has 1 heterocycles. The first-order chi connectivity index (χ1) is 10.7. The monoisotopic (exact) mass is 294 g/mol. The summed E-state index contributed by atoms with van der Waals surface area (Å²) in [7, 11) is 0. The topological polar surface area (TPSA) is 23.6 Å². The Labute approximate surface area is 132 Å². The maximum absolute atomic E-state index is 12.6. The first-order valence-electron chi connectivity index (χ1n) is 7.84. The van der Waals surface area contributed by atoms with Gasteiger partial charge in [-0.25, -0.2) is 0 Å². The molecule has 2 atom stereocenters. The molecule has 0 bridgehead atoms. The second-order valence-electron chi connectivity index (χ2n) is 6.02. The zero-order valence-electron chi connectivity index (χ0n) is 13.1. The molecule has 1 aliphatic rings. The minimum atomic E-state index is 0.131. The van der Waals surface area contributed by atoms with E-state index in [0.717, 1.165) is 18.7 Å². The van der Waals surface area contributed by atoms with Gasteiger partial charge >= 0.3 is 0 Å². The Morgan fingerprint density at radius 3 is 1.91 bits per heavy atom. The zero-order chi connectivity index (χ0) is 15.5. The molecule has 2 aromatic rings. The van der Waals surface area contributed by atoms with Crippen molar-refractivity contribution in [2.45, 2.75) is 25.9 Å². The zero-order valence-corrected chi connectivity index (χ0v) is 13.1. The smallest absolute Gasteiger partial charge is 0.253 e. The number of benzene rings is 2. The Bertz CT molecular complexity index is 614. The predicted octanol–water partition coefficient (Wildman–Crippen LogP) is 3.43. The van der Waals surface area contributed by atoms with Gasteiger partial charge in [0.05, 0.1) is 0 Å². The summed E-state index contributed by atoms with van der Waals surface area (Å²) < 4.78 is 0. The fourth-order valence-corrected chi connectivity index (χ4v) is 3.36. The van der Waals surface area contributed by atoms with Gasteiger partial charge in [0.2, 0.25) is 0 Å². The molecular formula is C19H22N2O. The van der Waals surface area contributed by atoms with E-state index in [1.807, 2.05) is 41.3 Å². The Kier molecular flexibility index (Phi) is 4.14. The van der Waals surface area contributed by atoms with Crippen LogP contribution in [0.3, 0.4) is 0 Å². The third kappa shape index (κ3) is 2.84. The van der Waals surface area contributed by atoms with Gasteiger partial charge in [-0.15, -0.1) is 0 Å². The number of amides is 1. The highest BCUT2D eigenvalue weighted by atomic mass is 16.2. The Morgan fingerprint density at radius 2 is 1.36 bits per heavy atom. The van der Waals surface area contributed by atoms with Gasteiger partial charge in [0.15, 0.2) is 0 Å². The summed E-state index contributed by atoms with van der Waals surface area (Å²) in [5, 5.41) is 0. The van der Waals surface area contributed by atoms with E-state index in [4.69, 9.17) is 0 Å². The lowest BCUT2D eigenvalue weighted by Gasteiger charge is -2.46. The highest BCUT2D eigenvalue weighted by Gasteiger charge is 2.32. The molecule has 1 amide bonds. The number of para-hydroxylation sites is 1. The van der Waals surface area contributed by atoms with Gasteiger partial charge in [0, 0.05) is 36.4 Å². The van der Waals surface area contributed by atoms with Crippen molar-refractivity contribution in [1.29, 1.82) is 0 Å². The lowest BCUT2D eigenvalue weighted by Crippen LogP contribution is -2.58. The molecule has 22 heavy (non-hydrogen) atoms. The summed E-state index contributed by atoms with van der Waals surface area (Å²) in [4.78, 5) is 17.0. The summed E-state index contributed by atoms with van der Waals surface area (Å²) in [6.07, 6.45) is 0. The summed E-state index contributed by atoms with van der Waals surface area (Å²) in [6.45, 7) is 5.89. The molecule has 0 aromatic heterocycles. The lowest BCUT2D eigenvalue weighted by molar-refractivity contribution is 0.0701. The highest BCUT2D eigenvalue weighted by Crippen LogP contribution is 2.25. The average Bonchev–Trinajstić information content (AvgIpc) is 2.55. The number of piperazine rings is 1. The van der Waals surface area contributed by atoms with Crippen molar-refractivity contribution in [3.63, 3.8) is 0 Å². The maximum Gasteiger partial charge on any atom is 0.253 e. The van der Waals surface area contributed by atoms with Crippen molar-refractivity contribution in [3.05, 3.63) is 66.2 Å². The SMILES string of the molecule is CC1CN(C(=O)c2ccccc2)CC(C)N1c1ccccc1. The number of carbonyl (C=O) groups is 1. The van der Waals surface area contributed by atoms with E-state index in [1.54, 1.807) is 0 Å². The van der Waals surface area contributed by atoms with Crippen LogP contribution in [0, 0.1) is 0 Å². The van der Waals surface area contributed by atoms with Crippen molar-refractivity contribution in [1.82, 2.24) is 4.90 Å². The molecule has 1 fully saturated rings. The van der Waals surface area contributed by atoms with E-state index in [9.17, 15) is 4.79 Å². The van der Waals surface area contributed by atoms with Crippen molar-refractivity contribution >= 4 is 11.6 Å². The molecule has 2 aromatic carbocycles. The summed E-state index contributed by atoms with van der Waals surface area (Å²) in [5.74, 6) is 0.131. The molecule has 0 N–H and O–H groups in total. The van der Waals surface area contributed by atoms with E-state index < -0.39 is 0 Å². The first-order valence-corrected chi connectivity index (χ1v) is 7.84. The predicted molar refractivity (Wildman–Crippen MR) is 90.2 cm³/mol.